The number of thiophene rings is 1. The van der Waals surface area contributed by atoms with Crippen LogP contribution in [0.5, 0.6) is 0 Å². The lowest BCUT2D eigenvalue weighted by Gasteiger charge is -2.25. The summed E-state index contributed by atoms with van der Waals surface area (Å²) in [5.41, 5.74) is 1.60. The third kappa shape index (κ3) is 3.94. The molecule has 0 spiro atoms. The summed E-state index contributed by atoms with van der Waals surface area (Å²) in [6, 6.07) is 2.14. The molecular formula is C15H22BrNS. The van der Waals surface area contributed by atoms with Gasteiger partial charge in [0.15, 0.2) is 0 Å². The molecule has 0 atom stereocenters. The second-order valence-electron chi connectivity index (χ2n) is 4.97. The van der Waals surface area contributed by atoms with Crippen LogP contribution in [0.4, 0.5) is 0 Å². The average molecular weight is 328 g/mol. The summed E-state index contributed by atoms with van der Waals surface area (Å²) in [7, 11) is 0. The summed E-state index contributed by atoms with van der Waals surface area (Å²) in [4.78, 5) is 1.37. The van der Waals surface area contributed by atoms with Gasteiger partial charge in [-0.25, -0.2) is 0 Å². The molecule has 0 aliphatic heterocycles. The molecule has 1 N–H and O–H groups in total. The van der Waals surface area contributed by atoms with Crippen LogP contribution in [-0.4, -0.2) is 13.1 Å². The third-order valence-corrected chi connectivity index (χ3v) is 5.49. The van der Waals surface area contributed by atoms with Gasteiger partial charge in [-0.3, -0.25) is 0 Å². The lowest BCUT2D eigenvalue weighted by Crippen LogP contribution is -2.21. The van der Waals surface area contributed by atoms with Gasteiger partial charge in [-0.05, 0) is 58.8 Å². The third-order valence-electron chi connectivity index (χ3n) is 3.67. The van der Waals surface area contributed by atoms with Gasteiger partial charge >= 0.3 is 0 Å². The van der Waals surface area contributed by atoms with Gasteiger partial charge in [0.05, 0.1) is 0 Å². The van der Waals surface area contributed by atoms with E-state index >= 15 is 0 Å². The molecule has 0 bridgehead atoms. The highest BCUT2D eigenvalue weighted by Gasteiger charge is 2.17. The SMILES string of the molecule is CCNC/C(=C/c1sccc1Br)C1CCCCC1. The fourth-order valence-electron chi connectivity index (χ4n) is 2.63. The summed E-state index contributed by atoms with van der Waals surface area (Å²) in [5.74, 6) is 0.798. The number of likely N-dealkylation sites (N-methyl/N-ethyl adjacent to an activating group) is 1. The van der Waals surface area contributed by atoms with Gasteiger partial charge in [-0.15, -0.1) is 11.3 Å². The van der Waals surface area contributed by atoms with Crippen LogP contribution in [0.1, 0.15) is 43.9 Å². The van der Waals surface area contributed by atoms with Crippen molar-refractivity contribution in [2.75, 3.05) is 13.1 Å². The number of hydrogen-bond donors (Lipinski definition) is 1. The fraction of sp³-hybridized carbons (Fsp3) is 0.600. The molecule has 1 aliphatic carbocycles. The molecule has 1 heterocycles. The van der Waals surface area contributed by atoms with Gasteiger partial charge < -0.3 is 5.32 Å². The van der Waals surface area contributed by atoms with E-state index in [0.717, 1.165) is 19.0 Å². The molecule has 0 amide bonds. The second-order valence-corrected chi connectivity index (χ2v) is 6.77. The van der Waals surface area contributed by atoms with Crippen LogP contribution in [-0.2, 0) is 0 Å². The van der Waals surface area contributed by atoms with E-state index in [2.05, 4.69) is 45.7 Å². The number of halogens is 1. The molecule has 1 aromatic heterocycles. The number of hydrogen-bond acceptors (Lipinski definition) is 2. The molecule has 0 aromatic carbocycles. The Labute approximate surface area is 123 Å². The zero-order valence-electron chi connectivity index (χ0n) is 11.0. The minimum atomic E-state index is 0.798. The van der Waals surface area contributed by atoms with Crippen molar-refractivity contribution >= 4 is 33.3 Å². The average Bonchev–Trinajstić information content (AvgIpc) is 2.81. The summed E-state index contributed by atoms with van der Waals surface area (Å²) in [6.45, 7) is 4.28. The van der Waals surface area contributed by atoms with E-state index in [4.69, 9.17) is 0 Å². The van der Waals surface area contributed by atoms with E-state index in [1.165, 1.54) is 41.5 Å². The van der Waals surface area contributed by atoms with Gasteiger partial charge in [-0.1, -0.05) is 31.8 Å². The van der Waals surface area contributed by atoms with Crippen LogP contribution in [0.3, 0.4) is 0 Å². The molecule has 100 valence electrons. The molecule has 1 fully saturated rings. The van der Waals surface area contributed by atoms with Crippen molar-refractivity contribution in [2.24, 2.45) is 5.92 Å². The molecule has 3 heteroatoms. The zero-order valence-corrected chi connectivity index (χ0v) is 13.4. The lowest BCUT2D eigenvalue weighted by molar-refractivity contribution is 0.397. The van der Waals surface area contributed by atoms with Crippen molar-refractivity contribution in [3.8, 4) is 0 Å². The Morgan fingerprint density at radius 2 is 2.22 bits per heavy atom. The molecule has 18 heavy (non-hydrogen) atoms. The van der Waals surface area contributed by atoms with Gasteiger partial charge in [-0.2, -0.15) is 0 Å². The maximum atomic E-state index is 3.63. The highest BCUT2D eigenvalue weighted by atomic mass is 79.9. The van der Waals surface area contributed by atoms with Crippen LogP contribution >= 0.6 is 27.3 Å². The maximum absolute atomic E-state index is 3.63. The van der Waals surface area contributed by atoms with Gasteiger partial charge in [0.25, 0.3) is 0 Å². The van der Waals surface area contributed by atoms with Crippen molar-refractivity contribution in [3.05, 3.63) is 26.4 Å². The minimum Gasteiger partial charge on any atom is -0.313 e. The van der Waals surface area contributed by atoms with E-state index in [-0.39, 0.29) is 0 Å². The lowest BCUT2D eigenvalue weighted by atomic mass is 9.83. The second kappa shape index (κ2) is 7.46. The number of rotatable bonds is 5. The maximum Gasteiger partial charge on any atom is 0.0412 e. The van der Waals surface area contributed by atoms with Gasteiger partial charge in [0.1, 0.15) is 0 Å². The predicted molar refractivity (Wildman–Crippen MR) is 85.1 cm³/mol. The van der Waals surface area contributed by atoms with Crippen molar-refractivity contribution in [1.82, 2.24) is 5.32 Å². The molecule has 1 aliphatic rings. The first-order valence-electron chi connectivity index (χ1n) is 6.95. The van der Waals surface area contributed by atoms with Crippen molar-refractivity contribution in [3.63, 3.8) is 0 Å². The van der Waals surface area contributed by atoms with E-state index < -0.39 is 0 Å². The summed E-state index contributed by atoms with van der Waals surface area (Å²) >= 11 is 5.46. The molecule has 1 nitrogen and oxygen atoms in total. The van der Waals surface area contributed by atoms with Crippen LogP contribution in [0.2, 0.25) is 0 Å². The Morgan fingerprint density at radius 3 is 2.83 bits per heavy atom. The summed E-state index contributed by atoms with van der Waals surface area (Å²) < 4.78 is 1.23. The normalized spacial score (nSPS) is 18.2. The molecule has 0 saturated heterocycles. The molecule has 1 aromatic rings. The summed E-state index contributed by atoms with van der Waals surface area (Å²) in [5, 5.41) is 5.65. The largest absolute Gasteiger partial charge is 0.313 e. The van der Waals surface area contributed by atoms with Crippen LogP contribution in [0.25, 0.3) is 6.08 Å². The van der Waals surface area contributed by atoms with Crippen molar-refractivity contribution in [1.29, 1.82) is 0 Å². The minimum absolute atomic E-state index is 0.798. The smallest absolute Gasteiger partial charge is 0.0412 e. The Kier molecular flexibility index (Phi) is 5.93. The Morgan fingerprint density at radius 1 is 1.44 bits per heavy atom. The van der Waals surface area contributed by atoms with Crippen LogP contribution < -0.4 is 5.32 Å². The first-order chi connectivity index (χ1) is 8.81. The molecule has 0 unspecified atom stereocenters. The predicted octanol–water partition coefficient (Wildman–Crippen LogP) is 5.08. The first-order valence-corrected chi connectivity index (χ1v) is 8.62. The summed E-state index contributed by atoms with van der Waals surface area (Å²) in [6.07, 6.45) is 9.39. The molecule has 0 radical (unpaired) electrons. The Bertz CT molecular complexity index is 391. The number of nitrogens with one attached hydrogen (secondary N) is 1. The Hall–Kier alpha value is -0.120. The zero-order chi connectivity index (χ0) is 12.8. The van der Waals surface area contributed by atoms with E-state index in [0.29, 0.717) is 0 Å². The molecular weight excluding hydrogens is 306 g/mol. The highest BCUT2D eigenvalue weighted by Crippen LogP contribution is 2.33. The quantitative estimate of drug-likeness (QED) is 0.794. The highest BCUT2D eigenvalue weighted by molar-refractivity contribution is 9.10. The molecule has 1 saturated carbocycles. The van der Waals surface area contributed by atoms with Crippen LogP contribution in [0.15, 0.2) is 21.5 Å². The van der Waals surface area contributed by atoms with E-state index in [1.54, 1.807) is 5.57 Å². The molecule has 2 rings (SSSR count). The standard InChI is InChI=1S/C15H22BrNS/c1-2-17-11-13(12-6-4-3-5-7-12)10-15-14(16)8-9-18-15/h8-10,12,17H,2-7,11H2,1H3/b13-10-. The van der Waals surface area contributed by atoms with Crippen molar-refractivity contribution < 1.29 is 0 Å². The van der Waals surface area contributed by atoms with E-state index in [1.807, 2.05) is 11.3 Å². The fourth-order valence-corrected chi connectivity index (χ4v) is 4.09. The first kappa shape index (κ1) is 14.3. The van der Waals surface area contributed by atoms with Crippen molar-refractivity contribution in [2.45, 2.75) is 39.0 Å². The topological polar surface area (TPSA) is 12.0 Å². The van der Waals surface area contributed by atoms with Gasteiger partial charge in [0.2, 0.25) is 0 Å². The monoisotopic (exact) mass is 327 g/mol. The van der Waals surface area contributed by atoms with Gasteiger partial charge in [0, 0.05) is 15.9 Å². The van der Waals surface area contributed by atoms with Crippen LogP contribution in [0, 0.1) is 5.92 Å². The van der Waals surface area contributed by atoms with E-state index in [9.17, 15) is 0 Å². The Balaban J connectivity index is 2.13.